The maximum absolute atomic E-state index is 14.2. The van der Waals surface area contributed by atoms with E-state index >= 15 is 0 Å². The Morgan fingerprint density at radius 2 is 0.771 bits per heavy atom. The molecule has 0 aromatic heterocycles. The summed E-state index contributed by atoms with van der Waals surface area (Å²) in [6.45, 7) is 1.49. The number of hydrogen-bond acceptors (Lipinski definition) is 2. The van der Waals surface area contributed by atoms with E-state index in [1.165, 1.54) is 0 Å². The first kappa shape index (κ1) is 34.7. The zero-order valence-electron chi connectivity index (χ0n) is 18.7. The van der Waals surface area contributed by atoms with Crippen molar-refractivity contribution in [2.24, 2.45) is 0 Å². The first-order valence-corrected chi connectivity index (χ1v) is 16.8. The summed E-state index contributed by atoms with van der Waals surface area (Å²) >= 11 is -7.01. The van der Waals surface area contributed by atoms with Crippen LogP contribution in [0.4, 0.5) is 61.5 Å². The summed E-state index contributed by atoms with van der Waals surface area (Å²) < 4.78 is 190. The molecule has 0 aliphatic carbocycles. The molecule has 0 saturated heterocycles. The molecule has 0 unspecified atom stereocenters. The molecule has 35 heavy (non-hydrogen) atoms. The fourth-order valence-electron chi connectivity index (χ4n) is 2.84. The van der Waals surface area contributed by atoms with Gasteiger partial charge in [-0.2, -0.15) is 0 Å². The second kappa shape index (κ2) is 12.5. The molecule has 0 spiro atoms. The Morgan fingerprint density at radius 1 is 0.486 bits per heavy atom. The summed E-state index contributed by atoms with van der Waals surface area (Å²) in [5, 5.41) is 0. The SMILES string of the molecule is CCCCC[O][Sn]([CH2]C(F)(F)C(F)(F)C(F)(F)F)([CH2]C(F)(F)C(F)(F)C(F)(F)F)[O]CCCCC. The van der Waals surface area contributed by atoms with E-state index < -0.39 is 77.3 Å². The normalized spacial score (nSPS) is 15.1. The summed E-state index contributed by atoms with van der Waals surface area (Å²) in [5.74, 6) is -26.0. The molecule has 0 heterocycles. The second-order valence-corrected chi connectivity index (χ2v) is 16.8. The summed E-state index contributed by atoms with van der Waals surface area (Å²) in [5.41, 5.74) is 0. The molecule has 0 aliphatic heterocycles. The predicted molar refractivity (Wildman–Crippen MR) is 98.2 cm³/mol. The fourth-order valence-corrected chi connectivity index (χ4v) is 12.7. The molecule has 0 radical (unpaired) electrons. The Balaban J connectivity index is 6.55. The molecule has 0 bridgehead atoms. The maximum atomic E-state index is 14.2. The first-order valence-electron chi connectivity index (χ1n) is 10.5. The van der Waals surface area contributed by atoms with E-state index in [-0.39, 0.29) is 25.7 Å². The summed E-state index contributed by atoms with van der Waals surface area (Å²) in [6.07, 6.45) is -12.9. The van der Waals surface area contributed by atoms with Gasteiger partial charge in [0.05, 0.1) is 0 Å². The second-order valence-electron chi connectivity index (χ2n) is 7.93. The Hall–Kier alpha value is -0.261. The Bertz CT molecular complexity index is 580. The van der Waals surface area contributed by atoms with Crippen LogP contribution in [0.1, 0.15) is 52.4 Å². The van der Waals surface area contributed by atoms with Crippen molar-refractivity contribution in [3.8, 4) is 0 Å². The minimum absolute atomic E-state index is 0.157. The monoisotopic (exact) mass is 660 g/mol. The average Bonchev–Trinajstić information content (AvgIpc) is 2.66. The Kier molecular flexibility index (Phi) is 12.4. The van der Waals surface area contributed by atoms with E-state index in [4.69, 9.17) is 6.15 Å². The summed E-state index contributed by atoms with van der Waals surface area (Å²) in [4.78, 5) is 0. The molecule has 0 fully saturated rings. The van der Waals surface area contributed by atoms with Gasteiger partial charge in [-0.3, -0.25) is 0 Å². The molecule has 0 atom stereocenters. The van der Waals surface area contributed by atoms with Crippen LogP contribution >= 0.6 is 0 Å². The standard InChI is InChI=1S/2C5H11O.2C4H2F7.Sn/c2*1-2-3-4-5-6;2*1-2(5,6)3(7,8)4(9,10)11;/h2*2-5H2,1H3;2*1H2;/q2*-1;;;+2. The molecule has 17 heteroatoms. The van der Waals surface area contributed by atoms with Crippen molar-refractivity contribution in [2.45, 2.75) is 97.3 Å². The molecule has 0 aliphatic rings. The molecular formula is C18H26F14O2Sn. The van der Waals surface area contributed by atoms with Crippen LogP contribution in [0, 0.1) is 0 Å². The van der Waals surface area contributed by atoms with Crippen LogP contribution < -0.4 is 0 Å². The van der Waals surface area contributed by atoms with Gasteiger partial charge in [0.2, 0.25) is 0 Å². The molecular weight excluding hydrogens is 633 g/mol. The third kappa shape index (κ3) is 8.92. The van der Waals surface area contributed by atoms with Crippen LogP contribution in [0.3, 0.4) is 0 Å². The Labute approximate surface area is 197 Å². The van der Waals surface area contributed by atoms with E-state index in [1.807, 2.05) is 0 Å². The molecule has 0 saturated carbocycles. The van der Waals surface area contributed by atoms with Crippen LogP contribution in [-0.2, 0) is 6.15 Å². The van der Waals surface area contributed by atoms with Crippen molar-refractivity contribution < 1.29 is 67.6 Å². The first-order chi connectivity index (χ1) is 15.5. The number of halogens is 14. The molecule has 0 N–H and O–H groups in total. The molecule has 0 amide bonds. The van der Waals surface area contributed by atoms with Crippen molar-refractivity contribution in [3.63, 3.8) is 0 Å². The molecule has 2 nitrogen and oxygen atoms in total. The van der Waals surface area contributed by atoms with Gasteiger partial charge >= 0.3 is 197 Å². The van der Waals surface area contributed by atoms with E-state index in [0.717, 1.165) is 0 Å². The molecule has 0 aromatic carbocycles. The minimum atomic E-state index is -7.01. The number of alkyl halides is 14. The van der Waals surface area contributed by atoms with E-state index in [2.05, 4.69) is 0 Å². The van der Waals surface area contributed by atoms with E-state index in [0.29, 0.717) is 12.8 Å². The number of rotatable bonds is 16. The van der Waals surface area contributed by atoms with Gasteiger partial charge in [-0.15, -0.1) is 0 Å². The van der Waals surface area contributed by atoms with Gasteiger partial charge < -0.3 is 0 Å². The zero-order chi connectivity index (χ0) is 28.0. The van der Waals surface area contributed by atoms with E-state index in [1.54, 1.807) is 13.8 Å². The van der Waals surface area contributed by atoms with Gasteiger partial charge in [0.25, 0.3) is 0 Å². The van der Waals surface area contributed by atoms with Crippen molar-refractivity contribution in [2.75, 3.05) is 13.2 Å². The number of hydrogen-bond donors (Lipinski definition) is 0. The van der Waals surface area contributed by atoms with Crippen molar-refractivity contribution in [1.29, 1.82) is 0 Å². The van der Waals surface area contributed by atoms with Crippen LogP contribution in [0.15, 0.2) is 0 Å². The van der Waals surface area contributed by atoms with Crippen molar-refractivity contribution in [1.82, 2.24) is 0 Å². The molecule has 0 aromatic rings. The summed E-state index contributed by atoms with van der Waals surface area (Å²) in [7, 11) is 0. The van der Waals surface area contributed by atoms with Gasteiger partial charge in [0, 0.05) is 0 Å². The predicted octanol–water partition coefficient (Wildman–Crippen LogP) is 8.51. The average molecular weight is 659 g/mol. The van der Waals surface area contributed by atoms with Crippen LogP contribution in [0.25, 0.3) is 0 Å². The zero-order valence-corrected chi connectivity index (χ0v) is 21.5. The fraction of sp³-hybridized carbons (Fsp3) is 1.00. The van der Waals surface area contributed by atoms with Gasteiger partial charge in [-0.25, -0.2) is 0 Å². The third-order valence-corrected chi connectivity index (χ3v) is 14.6. The van der Waals surface area contributed by atoms with Gasteiger partial charge in [0.15, 0.2) is 0 Å². The van der Waals surface area contributed by atoms with Crippen LogP contribution in [-0.4, -0.2) is 68.5 Å². The van der Waals surface area contributed by atoms with Crippen molar-refractivity contribution >= 4 is 19.2 Å². The number of unbranched alkanes of at least 4 members (excludes halogenated alkanes) is 4. The van der Waals surface area contributed by atoms with Gasteiger partial charge in [-0.05, 0) is 0 Å². The quantitative estimate of drug-likeness (QED) is 0.0941. The molecule has 212 valence electrons. The van der Waals surface area contributed by atoms with Crippen LogP contribution in [0.2, 0.25) is 8.87 Å². The van der Waals surface area contributed by atoms with Crippen LogP contribution in [0.5, 0.6) is 0 Å². The molecule has 0 rings (SSSR count). The Morgan fingerprint density at radius 3 is 1.00 bits per heavy atom. The van der Waals surface area contributed by atoms with Gasteiger partial charge in [-0.1, -0.05) is 0 Å². The topological polar surface area (TPSA) is 18.5 Å². The summed E-state index contributed by atoms with van der Waals surface area (Å²) in [6, 6.07) is 0. The third-order valence-electron chi connectivity index (χ3n) is 4.84. The van der Waals surface area contributed by atoms with E-state index in [9.17, 15) is 61.5 Å². The van der Waals surface area contributed by atoms with Gasteiger partial charge in [0.1, 0.15) is 0 Å². The van der Waals surface area contributed by atoms with Crippen molar-refractivity contribution in [3.05, 3.63) is 0 Å².